The number of aromatic amines is 1. The summed E-state index contributed by atoms with van der Waals surface area (Å²) in [6.45, 7) is 3.10. The van der Waals surface area contributed by atoms with Crippen molar-refractivity contribution >= 4 is 11.7 Å². The van der Waals surface area contributed by atoms with Gasteiger partial charge in [0.15, 0.2) is 5.78 Å². The smallest absolute Gasteiger partial charge is 0.268 e. The normalized spacial score (nSPS) is 22.8. The predicted octanol–water partition coefficient (Wildman–Crippen LogP) is 2.74. The molecule has 0 spiro atoms. The van der Waals surface area contributed by atoms with Gasteiger partial charge in [0, 0.05) is 36.7 Å². The van der Waals surface area contributed by atoms with Crippen LogP contribution < -0.4 is 5.32 Å². The van der Waals surface area contributed by atoms with Crippen LogP contribution in [0.4, 0.5) is 0 Å². The van der Waals surface area contributed by atoms with Crippen molar-refractivity contribution in [3.8, 4) is 0 Å². The van der Waals surface area contributed by atoms with Gasteiger partial charge in [0.1, 0.15) is 11.5 Å². The molecule has 4 rings (SSSR count). The summed E-state index contributed by atoms with van der Waals surface area (Å²) in [5.74, 6) is 0.728. The summed E-state index contributed by atoms with van der Waals surface area (Å²) in [6, 6.07) is 3.73. The molecule has 2 aliphatic rings. The zero-order chi connectivity index (χ0) is 17.4. The number of carbonyl (C=O) groups excluding carboxylic acids is 2. The molecule has 1 aliphatic heterocycles. The van der Waals surface area contributed by atoms with Crippen LogP contribution in [0.3, 0.4) is 0 Å². The molecule has 132 valence electrons. The minimum atomic E-state index is -0.176. The molecule has 6 nitrogen and oxygen atoms in total. The first-order valence-corrected chi connectivity index (χ1v) is 8.81. The van der Waals surface area contributed by atoms with Crippen LogP contribution in [-0.4, -0.2) is 35.9 Å². The number of furan rings is 1. The Bertz CT molecular complexity index is 785. The summed E-state index contributed by atoms with van der Waals surface area (Å²) >= 11 is 0. The monoisotopic (exact) mass is 342 g/mol. The van der Waals surface area contributed by atoms with Crippen molar-refractivity contribution in [3.05, 3.63) is 46.7 Å². The Labute approximate surface area is 145 Å². The van der Waals surface area contributed by atoms with Gasteiger partial charge in [-0.15, -0.1) is 0 Å². The van der Waals surface area contributed by atoms with Gasteiger partial charge in [-0.05, 0) is 43.9 Å². The maximum Gasteiger partial charge on any atom is 0.268 e. The van der Waals surface area contributed by atoms with E-state index >= 15 is 0 Å². The Morgan fingerprint density at radius 2 is 2.28 bits per heavy atom. The van der Waals surface area contributed by atoms with Gasteiger partial charge in [0.2, 0.25) is 0 Å². The number of hydrogen-bond acceptors (Lipinski definition) is 4. The van der Waals surface area contributed by atoms with E-state index in [-0.39, 0.29) is 23.7 Å². The Balaban J connectivity index is 1.52. The number of rotatable bonds is 4. The molecule has 2 unspecified atom stereocenters. The van der Waals surface area contributed by atoms with Gasteiger partial charge in [-0.2, -0.15) is 0 Å². The molecule has 2 aromatic heterocycles. The summed E-state index contributed by atoms with van der Waals surface area (Å²) in [7, 11) is 0. The second kappa shape index (κ2) is 6.52. The quantitative estimate of drug-likeness (QED) is 0.895. The van der Waals surface area contributed by atoms with E-state index < -0.39 is 0 Å². The molecule has 6 heteroatoms. The van der Waals surface area contributed by atoms with Crippen molar-refractivity contribution in [2.75, 3.05) is 13.2 Å². The molecule has 0 radical (unpaired) electrons. The Morgan fingerprint density at radius 3 is 3.00 bits per heavy atom. The lowest BCUT2D eigenvalue weighted by molar-refractivity contribution is 0.0853. The van der Waals surface area contributed by atoms with Crippen LogP contribution in [0.15, 0.2) is 22.8 Å². The number of aromatic nitrogens is 1. The van der Waals surface area contributed by atoms with Crippen LogP contribution >= 0.6 is 0 Å². The van der Waals surface area contributed by atoms with Crippen LogP contribution in [0.2, 0.25) is 0 Å². The van der Waals surface area contributed by atoms with Crippen molar-refractivity contribution < 1.29 is 18.7 Å². The highest BCUT2D eigenvalue weighted by Crippen LogP contribution is 2.35. The molecule has 1 saturated heterocycles. The molecule has 0 aromatic carbocycles. The zero-order valence-corrected chi connectivity index (χ0v) is 14.3. The number of Topliss-reactive ketones (excluding diaryl/α,β-unsaturated/α-hetero) is 1. The summed E-state index contributed by atoms with van der Waals surface area (Å²) in [5, 5.41) is 2.92. The lowest BCUT2D eigenvalue weighted by atomic mass is 9.84. The fourth-order valence-electron chi connectivity index (χ4n) is 3.89. The fraction of sp³-hybridized carbons (Fsp3) is 0.474. The Kier molecular flexibility index (Phi) is 4.21. The summed E-state index contributed by atoms with van der Waals surface area (Å²) in [5.41, 5.74) is 2.72. The molecular formula is C19H22N2O4. The molecule has 3 heterocycles. The number of H-pyrrole nitrogens is 1. The number of amides is 1. The van der Waals surface area contributed by atoms with E-state index in [2.05, 4.69) is 10.3 Å². The standard InChI is InChI=1S/C19H22N2O4/c1-11-17-14(8-12(9-15(17)22)16-5-3-7-25-16)21-18(11)19(23)20-10-13-4-2-6-24-13/h3,5,7,12-13,21H,2,4,6,8-10H2,1H3,(H,20,23). The topological polar surface area (TPSA) is 84.3 Å². The summed E-state index contributed by atoms with van der Waals surface area (Å²) in [4.78, 5) is 28.3. The van der Waals surface area contributed by atoms with Gasteiger partial charge in [0.05, 0.1) is 12.4 Å². The number of hydrogen-bond donors (Lipinski definition) is 2. The maximum atomic E-state index is 12.6. The van der Waals surface area contributed by atoms with E-state index in [4.69, 9.17) is 9.15 Å². The third-order valence-corrected chi connectivity index (χ3v) is 5.18. The zero-order valence-electron chi connectivity index (χ0n) is 14.3. The molecule has 2 atom stereocenters. The lowest BCUT2D eigenvalue weighted by Gasteiger charge is -2.19. The molecule has 1 aliphatic carbocycles. The van der Waals surface area contributed by atoms with E-state index in [0.717, 1.165) is 36.5 Å². The highest BCUT2D eigenvalue weighted by atomic mass is 16.5. The van der Waals surface area contributed by atoms with Crippen LogP contribution in [-0.2, 0) is 11.2 Å². The van der Waals surface area contributed by atoms with Crippen molar-refractivity contribution in [3.63, 3.8) is 0 Å². The van der Waals surface area contributed by atoms with E-state index in [0.29, 0.717) is 30.6 Å². The average Bonchev–Trinajstić information content (AvgIpc) is 3.34. The molecule has 1 fully saturated rings. The number of ether oxygens (including phenoxy) is 1. The molecular weight excluding hydrogens is 320 g/mol. The first kappa shape index (κ1) is 16.1. The first-order valence-electron chi connectivity index (χ1n) is 8.81. The van der Waals surface area contributed by atoms with Gasteiger partial charge in [-0.1, -0.05) is 0 Å². The van der Waals surface area contributed by atoms with E-state index in [9.17, 15) is 9.59 Å². The second-order valence-electron chi connectivity index (χ2n) is 6.87. The van der Waals surface area contributed by atoms with Crippen LogP contribution in [0.1, 0.15) is 63.0 Å². The SMILES string of the molecule is Cc1c(C(=O)NCC2CCCO2)[nH]c2c1C(=O)CC(c1ccco1)C2. The highest BCUT2D eigenvalue weighted by molar-refractivity contribution is 6.04. The van der Waals surface area contributed by atoms with Gasteiger partial charge < -0.3 is 19.5 Å². The van der Waals surface area contributed by atoms with E-state index in [1.165, 1.54) is 0 Å². The molecule has 2 aromatic rings. The number of carbonyl (C=O) groups is 2. The maximum absolute atomic E-state index is 12.6. The molecule has 2 N–H and O–H groups in total. The minimum absolute atomic E-state index is 0.0239. The average molecular weight is 342 g/mol. The van der Waals surface area contributed by atoms with Crippen LogP contribution in [0.25, 0.3) is 0 Å². The van der Waals surface area contributed by atoms with Crippen LogP contribution in [0.5, 0.6) is 0 Å². The third-order valence-electron chi connectivity index (χ3n) is 5.18. The highest BCUT2D eigenvalue weighted by Gasteiger charge is 2.33. The van der Waals surface area contributed by atoms with Gasteiger partial charge in [-0.25, -0.2) is 0 Å². The lowest BCUT2D eigenvalue weighted by Crippen LogP contribution is -2.32. The number of fused-ring (bicyclic) bond motifs is 1. The van der Waals surface area contributed by atoms with Crippen molar-refractivity contribution in [1.29, 1.82) is 0 Å². The van der Waals surface area contributed by atoms with Crippen LogP contribution in [0, 0.1) is 6.92 Å². The van der Waals surface area contributed by atoms with E-state index in [1.54, 1.807) is 6.26 Å². The summed E-state index contributed by atoms with van der Waals surface area (Å²) < 4.78 is 11.0. The van der Waals surface area contributed by atoms with Crippen molar-refractivity contribution in [1.82, 2.24) is 10.3 Å². The minimum Gasteiger partial charge on any atom is -0.469 e. The van der Waals surface area contributed by atoms with Gasteiger partial charge >= 0.3 is 0 Å². The predicted molar refractivity (Wildman–Crippen MR) is 90.9 cm³/mol. The van der Waals surface area contributed by atoms with Gasteiger partial charge in [-0.3, -0.25) is 9.59 Å². The largest absolute Gasteiger partial charge is 0.469 e. The summed E-state index contributed by atoms with van der Waals surface area (Å²) in [6.07, 6.45) is 4.82. The number of ketones is 1. The Morgan fingerprint density at radius 1 is 1.40 bits per heavy atom. The molecule has 0 bridgehead atoms. The van der Waals surface area contributed by atoms with Gasteiger partial charge in [0.25, 0.3) is 5.91 Å². The molecule has 0 saturated carbocycles. The van der Waals surface area contributed by atoms with E-state index in [1.807, 2.05) is 19.1 Å². The third kappa shape index (κ3) is 3.02. The first-order chi connectivity index (χ1) is 12.1. The number of nitrogens with one attached hydrogen (secondary N) is 2. The molecule has 1 amide bonds. The Hall–Kier alpha value is -2.34. The van der Waals surface area contributed by atoms with Crippen molar-refractivity contribution in [2.45, 2.75) is 44.6 Å². The molecule has 25 heavy (non-hydrogen) atoms. The second-order valence-corrected chi connectivity index (χ2v) is 6.87. The van der Waals surface area contributed by atoms with Crippen molar-refractivity contribution in [2.24, 2.45) is 0 Å². The fourth-order valence-corrected chi connectivity index (χ4v) is 3.89.